The van der Waals surface area contributed by atoms with E-state index in [4.69, 9.17) is 17.3 Å². The van der Waals surface area contributed by atoms with Gasteiger partial charge in [0.15, 0.2) is 0 Å². The summed E-state index contributed by atoms with van der Waals surface area (Å²) in [5.74, 6) is 0.685. The monoisotopic (exact) mass is 292 g/mol. The molecule has 1 aromatic heterocycles. The molecular weight excluding hydrogens is 276 g/mol. The number of fused-ring (bicyclic) bond motifs is 1. The van der Waals surface area contributed by atoms with Crippen LogP contribution in [0.25, 0.3) is 10.9 Å². The maximum Gasteiger partial charge on any atom is 0.258 e. The minimum atomic E-state index is -0.143. The van der Waals surface area contributed by atoms with Gasteiger partial charge in [-0.2, -0.15) is 0 Å². The van der Waals surface area contributed by atoms with Crippen LogP contribution in [0.5, 0.6) is 0 Å². The third-order valence-corrected chi connectivity index (χ3v) is 4.08. The molecule has 0 radical (unpaired) electrons. The minimum absolute atomic E-state index is 0.143. The molecule has 0 aliphatic carbocycles. The SMILES string of the molecule is NCC1CCCN1Cc1nc2ccc(Cl)cc2c(=O)[nH]1. The first-order valence-electron chi connectivity index (χ1n) is 6.80. The second-order valence-corrected chi connectivity index (χ2v) is 5.61. The maximum absolute atomic E-state index is 12.1. The van der Waals surface area contributed by atoms with Crippen molar-refractivity contribution in [3.05, 3.63) is 39.4 Å². The minimum Gasteiger partial charge on any atom is -0.329 e. The molecule has 0 bridgehead atoms. The lowest BCUT2D eigenvalue weighted by molar-refractivity contribution is 0.244. The number of hydrogen-bond acceptors (Lipinski definition) is 4. The molecule has 1 aliphatic rings. The number of nitrogens with two attached hydrogens (primary N) is 1. The Hall–Kier alpha value is -1.43. The van der Waals surface area contributed by atoms with Gasteiger partial charge < -0.3 is 10.7 Å². The van der Waals surface area contributed by atoms with Crippen LogP contribution in [0.1, 0.15) is 18.7 Å². The molecule has 1 saturated heterocycles. The normalized spacial score (nSPS) is 19.8. The van der Waals surface area contributed by atoms with Crippen LogP contribution >= 0.6 is 11.6 Å². The first-order valence-corrected chi connectivity index (χ1v) is 7.18. The van der Waals surface area contributed by atoms with Gasteiger partial charge in [0.2, 0.25) is 0 Å². The number of aromatic nitrogens is 2. The fraction of sp³-hybridized carbons (Fsp3) is 0.429. The van der Waals surface area contributed by atoms with E-state index in [-0.39, 0.29) is 5.56 Å². The van der Waals surface area contributed by atoms with Crippen LogP contribution < -0.4 is 11.3 Å². The van der Waals surface area contributed by atoms with Crippen LogP contribution in [-0.4, -0.2) is 34.0 Å². The molecule has 6 heteroatoms. The van der Waals surface area contributed by atoms with Gasteiger partial charge in [0, 0.05) is 17.6 Å². The third kappa shape index (κ3) is 2.57. The number of hydrogen-bond donors (Lipinski definition) is 2. The van der Waals surface area contributed by atoms with Gasteiger partial charge in [0.1, 0.15) is 5.82 Å². The van der Waals surface area contributed by atoms with Gasteiger partial charge in [0.05, 0.1) is 17.4 Å². The van der Waals surface area contributed by atoms with Crippen LogP contribution in [0.4, 0.5) is 0 Å². The van der Waals surface area contributed by atoms with Crippen molar-refractivity contribution in [2.75, 3.05) is 13.1 Å². The van der Waals surface area contributed by atoms with Crippen molar-refractivity contribution in [1.29, 1.82) is 0 Å². The van der Waals surface area contributed by atoms with Crippen molar-refractivity contribution in [1.82, 2.24) is 14.9 Å². The molecule has 1 fully saturated rings. The number of halogens is 1. The molecule has 106 valence electrons. The summed E-state index contributed by atoms with van der Waals surface area (Å²) < 4.78 is 0. The molecule has 0 amide bonds. The van der Waals surface area contributed by atoms with Crippen molar-refractivity contribution in [3.63, 3.8) is 0 Å². The Kier molecular flexibility index (Phi) is 3.74. The van der Waals surface area contributed by atoms with Crippen LogP contribution in [0.15, 0.2) is 23.0 Å². The number of nitrogens with one attached hydrogen (secondary N) is 1. The van der Waals surface area contributed by atoms with Gasteiger partial charge >= 0.3 is 0 Å². The summed E-state index contributed by atoms with van der Waals surface area (Å²) in [6.07, 6.45) is 2.26. The summed E-state index contributed by atoms with van der Waals surface area (Å²) in [6, 6.07) is 5.56. The average molecular weight is 293 g/mol. The van der Waals surface area contributed by atoms with Crippen molar-refractivity contribution >= 4 is 22.5 Å². The van der Waals surface area contributed by atoms with Gasteiger partial charge in [-0.25, -0.2) is 4.98 Å². The zero-order valence-corrected chi connectivity index (χ0v) is 11.9. The molecule has 1 atom stereocenters. The summed E-state index contributed by atoms with van der Waals surface area (Å²) >= 11 is 5.90. The van der Waals surface area contributed by atoms with E-state index in [2.05, 4.69) is 14.9 Å². The molecule has 20 heavy (non-hydrogen) atoms. The predicted molar refractivity (Wildman–Crippen MR) is 79.9 cm³/mol. The Morgan fingerprint density at radius 2 is 2.35 bits per heavy atom. The lowest BCUT2D eigenvalue weighted by Crippen LogP contribution is -2.35. The molecule has 3 N–H and O–H groups in total. The molecule has 0 spiro atoms. The number of likely N-dealkylation sites (tertiary alicyclic amines) is 1. The fourth-order valence-corrected chi connectivity index (χ4v) is 2.97. The van der Waals surface area contributed by atoms with Crippen LogP contribution in [0, 0.1) is 0 Å². The highest BCUT2D eigenvalue weighted by Crippen LogP contribution is 2.19. The Labute approximate surface area is 121 Å². The molecule has 3 rings (SSSR count). The van der Waals surface area contributed by atoms with Gasteiger partial charge in [-0.1, -0.05) is 11.6 Å². The number of benzene rings is 1. The zero-order chi connectivity index (χ0) is 14.1. The van der Waals surface area contributed by atoms with E-state index in [1.54, 1.807) is 18.2 Å². The lowest BCUT2D eigenvalue weighted by atomic mass is 10.2. The highest BCUT2D eigenvalue weighted by Gasteiger charge is 2.23. The highest BCUT2D eigenvalue weighted by atomic mass is 35.5. The molecular formula is C14H17ClN4O. The molecule has 1 unspecified atom stereocenters. The second kappa shape index (κ2) is 5.52. The van der Waals surface area contributed by atoms with Gasteiger partial charge in [-0.05, 0) is 37.6 Å². The van der Waals surface area contributed by atoms with Crippen molar-refractivity contribution in [3.8, 4) is 0 Å². The Bertz CT molecular complexity index is 684. The Balaban J connectivity index is 1.93. The zero-order valence-electron chi connectivity index (χ0n) is 11.1. The van der Waals surface area contributed by atoms with Crippen LogP contribution in [0.3, 0.4) is 0 Å². The predicted octanol–water partition coefficient (Wildman–Crippen LogP) is 1.50. The topological polar surface area (TPSA) is 75.0 Å². The third-order valence-electron chi connectivity index (χ3n) is 3.84. The molecule has 1 aromatic carbocycles. The largest absolute Gasteiger partial charge is 0.329 e. The summed E-state index contributed by atoms with van der Waals surface area (Å²) in [5.41, 5.74) is 6.30. The molecule has 1 aliphatic heterocycles. The quantitative estimate of drug-likeness (QED) is 0.899. The molecule has 2 aromatic rings. The number of nitrogens with zero attached hydrogens (tertiary/aromatic N) is 2. The first kappa shape index (κ1) is 13.5. The summed E-state index contributed by atoms with van der Waals surface area (Å²) in [5, 5.41) is 1.07. The van der Waals surface area contributed by atoms with Gasteiger partial charge in [-0.15, -0.1) is 0 Å². The Morgan fingerprint density at radius 1 is 1.50 bits per heavy atom. The highest BCUT2D eigenvalue weighted by molar-refractivity contribution is 6.31. The van der Waals surface area contributed by atoms with Crippen molar-refractivity contribution < 1.29 is 0 Å². The van der Waals surface area contributed by atoms with E-state index in [9.17, 15) is 4.79 Å². The van der Waals surface area contributed by atoms with Crippen molar-refractivity contribution in [2.45, 2.75) is 25.4 Å². The number of aromatic amines is 1. The second-order valence-electron chi connectivity index (χ2n) is 5.18. The van der Waals surface area contributed by atoms with Crippen LogP contribution in [0.2, 0.25) is 5.02 Å². The number of H-pyrrole nitrogens is 1. The molecule has 2 heterocycles. The first-order chi connectivity index (χ1) is 9.67. The van der Waals surface area contributed by atoms with E-state index < -0.39 is 0 Å². The summed E-state index contributed by atoms with van der Waals surface area (Å²) in [6.45, 7) is 2.29. The summed E-state index contributed by atoms with van der Waals surface area (Å²) in [4.78, 5) is 21.7. The van der Waals surface area contributed by atoms with E-state index in [1.165, 1.54) is 0 Å². The van der Waals surface area contributed by atoms with E-state index in [0.717, 1.165) is 19.4 Å². The molecule has 0 saturated carbocycles. The molecule has 5 nitrogen and oxygen atoms in total. The lowest BCUT2D eigenvalue weighted by Gasteiger charge is -2.22. The van der Waals surface area contributed by atoms with E-state index in [0.29, 0.717) is 40.9 Å². The van der Waals surface area contributed by atoms with Crippen molar-refractivity contribution in [2.24, 2.45) is 5.73 Å². The smallest absolute Gasteiger partial charge is 0.258 e. The van der Waals surface area contributed by atoms with Crippen LogP contribution in [-0.2, 0) is 6.54 Å². The average Bonchev–Trinajstić information content (AvgIpc) is 2.87. The summed E-state index contributed by atoms with van der Waals surface area (Å²) in [7, 11) is 0. The van der Waals surface area contributed by atoms with E-state index >= 15 is 0 Å². The fourth-order valence-electron chi connectivity index (χ4n) is 2.80. The standard InChI is InChI=1S/C14H17ClN4O/c15-9-3-4-12-11(6-9)14(20)18-13(17-12)8-19-5-1-2-10(19)7-16/h3-4,6,10H,1-2,5,7-8,16H2,(H,17,18,20). The maximum atomic E-state index is 12.1. The van der Waals surface area contributed by atoms with Gasteiger partial charge in [-0.3, -0.25) is 9.69 Å². The van der Waals surface area contributed by atoms with E-state index in [1.807, 2.05) is 0 Å². The number of rotatable bonds is 3. The Morgan fingerprint density at radius 3 is 3.15 bits per heavy atom. The van der Waals surface area contributed by atoms with Gasteiger partial charge in [0.25, 0.3) is 5.56 Å².